The Morgan fingerprint density at radius 2 is 2.04 bits per heavy atom. The van der Waals surface area contributed by atoms with Crippen LogP contribution in [0.2, 0.25) is 0 Å². The fourth-order valence-corrected chi connectivity index (χ4v) is 2.75. The molecule has 0 saturated heterocycles. The number of hydrogen-bond acceptors (Lipinski definition) is 5. The van der Waals surface area contributed by atoms with E-state index in [1.165, 1.54) is 0 Å². The summed E-state index contributed by atoms with van der Waals surface area (Å²) in [6, 6.07) is 3.75. The van der Waals surface area contributed by atoms with E-state index >= 15 is 0 Å². The number of aryl methyl sites for hydroxylation is 3. The maximum Gasteiger partial charge on any atom is 0.298 e. The van der Waals surface area contributed by atoms with Gasteiger partial charge in [0.25, 0.3) is 11.6 Å². The Kier molecular flexibility index (Phi) is 3.55. The molecular weight excluding hydrogens is 296 g/mol. The highest BCUT2D eigenvalue weighted by Crippen LogP contribution is 2.29. The van der Waals surface area contributed by atoms with Crippen molar-refractivity contribution < 1.29 is 9.84 Å². The van der Waals surface area contributed by atoms with Gasteiger partial charge in [-0.3, -0.25) is 9.78 Å². The second-order valence-electron chi connectivity index (χ2n) is 5.45. The lowest BCUT2D eigenvalue weighted by Gasteiger charge is -2.11. The van der Waals surface area contributed by atoms with E-state index < -0.39 is 0 Å². The molecule has 2 aromatic heterocycles. The molecule has 120 valence electrons. The number of benzene rings is 1. The summed E-state index contributed by atoms with van der Waals surface area (Å²) in [5.41, 5.74) is 2.94. The number of H-pyrrole nitrogens is 1. The second-order valence-corrected chi connectivity index (χ2v) is 5.45. The number of aromatic hydroxyl groups is 1. The van der Waals surface area contributed by atoms with Crippen LogP contribution in [0.15, 0.2) is 16.9 Å². The minimum atomic E-state index is -0.313. The topological polar surface area (TPSA) is 93.0 Å². The molecule has 0 atom stereocenters. The van der Waals surface area contributed by atoms with Gasteiger partial charge >= 0.3 is 0 Å². The predicted molar refractivity (Wildman–Crippen MR) is 86.5 cm³/mol. The molecule has 0 saturated carbocycles. The highest BCUT2D eigenvalue weighted by atomic mass is 16.5. The SMILES string of the molecule is CCOc1nc2nn(-c3c(C)cc(C)cc3O)c(C)c2c(=O)[nH]1. The van der Waals surface area contributed by atoms with Gasteiger partial charge in [-0.1, -0.05) is 6.07 Å². The number of hydrogen-bond donors (Lipinski definition) is 2. The normalized spacial score (nSPS) is 11.1. The van der Waals surface area contributed by atoms with Crippen LogP contribution in [-0.4, -0.2) is 31.5 Å². The van der Waals surface area contributed by atoms with E-state index in [0.717, 1.165) is 11.1 Å². The number of phenolic OH excluding ortho intramolecular Hbond substituents is 1. The molecule has 2 heterocycles. The van der Waals surface area contributed by atoms with Crippen molar-refractivity contribution in [2.75, 3.05) is 6.61 Å². The quantitative estimate of drug-likeness (QED) is 0.772. The number of fused-ring (bicyclic) bond motifs is 1. The van der Waals surface area contributed by atoms with Crippen LogP contribution in [0.4, 0.5) is 0 Å². The molecule has 0 bridgehead atoms. The molecule has 0 amide bonds. The van der Waals surface area contributed by atoms with Crippen molar-refractivity contribution in [3.8, 4) is 17.4 Å². The van der Waals surface area contributed by atoms with Crippen LogP contribution in [0, 0.1) is 20.8 Å². The first-order valence-electron chi connectivity index (χ1n) is 7.35. The zero-order valence-corrected chi connectivity index (χ0v) is 13.5. The Labute approximate surface area is 132 Å². The maximum absolute atomic E-state index is 12.3. The van der Waals surface area contributed by atoms with Gasteiger partial charge < -0.3 is 9.84 Å². The standard InChI is InChI=1S/C16H18N4O3/c1-5-23-16-17-14-12(15(22)18-16)10(4)20(19-14)13-9(3)6-8(2)7-11(13)21/h6-7,21H,5H2,1-4H3,(H,17,18,19,22). The first-order valence-corrected chi connectivity index (χ1v) is 7.35. The predicted octanol–water partition coefficient (Wildman–Crippen LogP) is 2.14. The fraction of sp³-hybridized carbons (Fsp3) is 0.312. The van der Waals surface area contributed by atoms with Crippen LogP contribution in [0.5, 0.6) is 11.8 Å². The summed E-state index contributed by atoms with van der Waals surface area (Å²) in [5, 5.41) is 15.1. The summed E-state index contributed by atoms with van der Waals surface area (Å²) in [5.74, 6) is 0.111. The van der Waals surface area contributed by atoms with Crippen LogP contribution in [0.3, 0.4) is 0 Å². The molecule has 0 aliphatic rings. The average molecular weight is 314 g/mol. The van der Waals surface area contributed by atoms with Gasteiger partial charge in [0.1, 0.15) is 16.8 Å². The molecule has 0 aliphatic heterocycles. The summed E-state index contributed by atoms with van der Waals surface area (Å²) in [6.07, 6.45) is 0. The van der Waals surface area contributed by atoms with Gasteiger partial charge in [-0.25, -0.2) is 4.68 Å². The molecule has 3 rings (SSSR count). The first-order chi connectivity index (χ1) is 10.9. The number of phenols is 1. The largest absolute Gasteiger partial charge is 0.506 e. The Balaban J connectivity index is 2.30. The third kappa shape index (κ3) is 2.44. The van der Waals surface area contributed by atoms with E-state index in [9.17, 15) is 9.90 Å². The van der Waals surface area contributed by atoms with E-state index in [-0.39, 0.29) is 23.0 Å². The van der Waals surface area contributed by atoms with E-state index in [2.05, 4.69) is 15.1 Å². The highest BCUT2D eigenvalue weighted by molar-refractivity contribution is 5.78. The van der Waals surface area contributed by atoms with Gasteiger partial charge in [-0.15, -0.1) is 5.10 Å². The Morgan fingerprint density at radius 1 is 1.30 bits per heavy atom. The zero-order valence-electron chi connectivity index (χ0n) is 13.5. The Morgan fingerprint density at radius 3 is 2.70 bits per heavy atom. The molecule has 0 aliphatic carbocycles. The molecule has 0 fully saturated rings. The van der Waals surface area contributed by atoms with Crippen molar-refractivity contribution >= 4 is 11.0 Å². The van der Waals surface area contributed by atoms with Gasteiger partial charge in [0.05, 0.1) is 12.3 Å². The minimum absolute atomic E-state index is 0.111. The van der Waals surface area contributed by atoms with Crippen LogP contribution >= 0.6 is 0 Å². The lowest BCUT2D eigenvalue weighted by Crippen LogP contribution is -2.11. The van der Waals surface area contributed by atoms with Gasteiger partial charge in [-0.2, -0.15) is 4.98 Å². The third-order valence-corrected chi connectivity index (χ3v) is 3.67. The van der Waals surface area contributed by atoms with E-state index in [1.807, 2.05) is 26.8 Å². The summed E-state index contributed by atoms with van der Waals surface area (Å²) in [7, 11) is 0. The van der Waals surface area contributed by atoms with E-state index in [4.69, 9.17) is 4.74 Å². The minimum Gasteiger partial charge on any atom is -0.506 e. The van der Waals surface area contributed by atoms with E-state index in [0.29, 0.717) is 23.4 Å². The van der Waals surface area contributed by atoms with Crippen molar-refractivity contribution in [2.24, 2.45) is 0 Å². The molecular formula is C16H18N4O3. The molecule has 23 heavy (non-hydrogen) atoms. The summed E-state index contributed by atoms with van der Waals surface area (Å²) in [6.45, 7) is 7.76. The van der Waals surface area contributed by atoms with Crippen LogP contribution in [0.25, 0.3) is 16.7 Å². The number of aromatic nitrogens is 4. The van der Waals surface area contributed by atoms with Gasteiger partial charge in [0.2, 0.25) is 0 Å². The lowest BCUT2D eigenvalue weighted by atomic mass is 10.1. The molecule has 2 N–H and O–H groups in total. The van der Waals surface area contributed by atoms with Crippen LogP contribution in [0.1, 0.15) is 23.7 Å². The number of nitrogens with one attached hydrogen (secondary N) is 1. The zero-order chi connectivity index (χ0) is 16.7. The maximum atomic E-state index is 12.3. The monoisotopic (exact) mass is 314 g/mol. The Bertz CT molecular complexity index is 933. The summed E-state index contributed by atoms with van der Waals surface area (Å²) in [4.78, 5) is 19.1. The summed E-state index contributed by atoms with van der Waals surface area (Å²) >= 11 is 0. The van der Waals surface area contributed by atoms with Crippen molar-refractivity contribution in [1.82, 2.24) is 19.7 Å². The molecule has 3 aromatic rings. The highest BCUT2D eigenvalue weighted by Gasteiger charge is 2.18. The number of aromatic amines is 1. The fourth-order valence-electron chi connectivity index (χ4n) is 2.75. The molecule has 7 heteroatoms. The number of rotatable bonds is 3. The smallest absolute Gasteiger partial charge is 0.298 e. The molecule has 7 nitrogen and oxygen atoms in total. The lowest BCUT2D eigenvalue weighted by molar-refractivity contribution is 0.313. The molecule has 0 spiro atoms. The third-order valence-electron chi connectivity index (χ3n) is 3.67. The molecule has 0 radical (unpaired) electrons. The van der Waals surface area contributed by atoms with Crippen molar-refractivity contribution in [1.29, 1.82) is 0 Å². The van der Waals surface area contributed by atoms with Crippen molar-refractivity contribution in [2.45, 2.75) is 27.7 Å². The first kappa shape index (κ1) is 15.1. The van der Waals surface area contributed by atoms with Crippen LogP contribution in [-0.2, 0) is 0 Å². The van der Waals surface area contributed by atoms with Crippen LogP contribution < -0.4 is 10.3 Å². The Hall–Kier alpha value is -2.83. The van der Waals surface area contributed by atoms with Crippen molar-refractivity contribution in [3.63, 3.8) is 0 Å². The van der Waals surface area contributed by atoms with Crippen molar-refractivity contribution in [3.05, 3.63) is 39.3 Å². The molecule has 1 aromatic carbocycles. The van der Waals surface area contributed by atoms with Gasteiger partial charge in [-0.05, 0) is 44.9 Å². The van der Waals surface area contributed by atoms with Gasteiger partial charge in [0.15, 0.2) is 5.65 Å². The van der Waals surface area contributed by atoms with Gasteiger partial charge in [0, 0.05) is 0 Å². The average Bonchev–Trinajstić information content (AvgIpc) is 2.75. The second kappa shape index (κ2) is 5.42. The number of nitrogens with zero attached hydrogens (tertiary/aromatic N) is 3. The number of ether oxygens (including phenoxy) is 1. The summed E-state index contributed by atoms with van der Waals surface area (Å²) < 4.78 is 6.80. The van der Waals surface area contributed by atoms with E-state index in [1.54, 1.807) is 17.7 Å². The molecule has 0 unspecified atom stereocenters.